The molecule has 1 fully saturated rings. The molecule has 1 unspecified atom stereocenters. The van der Waals surface area contributed by atoms with E-state index < -0.39 is 5.92 Å². The van der Waals surface area contributed by atoms with E-state index in [1.54, 1.807) is 0 Å². The number of nitrogens with one attached hydrogen (secondary N) is 3. The van der Waals surface area contributed by atoms with E-state index in [0.29, 0.717) is 23.3 Å². The second-order valence-electron chi connectivity index (χ2n) is 8.25. The highest BCUT2D eigenvalue weighted by Crippen LogP contribution is 2.41. The number of carbonyl (C=O) groups excluding carboxylic acids is 1. The number of hydrogen-bond donors (Lipinski definition) is 3. The first kappa shape index (κ1) is 20.4. The summed E-state index contributed by atoms with van der Waals surface area (Å²) in [5, 5.41) is 15.1. The SMILES string of the molecule is CNCCCNc1nc(C2C(=O)Nc3ccc(Br)cc32)c2cn(C3CCCC3)nc2n1. The number of rotatable bonds is 7. The normalized spacial score (nSPS) is 18.5. The van der Waals surface area contributed by atoms with Crippen LogP contribution in [0.2, 0.25) is 0 Å². The minimum atomic E-state index is -0.489. The average Bonchev–Trinajstić information content (AvgIpc) is 3.48. The molecule has 1 aliphatic carbocycles. The monoisotopic (exact) mass is 483 g/mol. The highest BCUT2D eigenvalue weighted by molar-refractivity contribution is 9.10. The molecule has 0 radical (unpaired) electrons. The summed E-state index contributed by atoms with van der Waals surface area (Å²) in [7, 11) is 1.94. The minimum absolute atomic E-state index is 0.0668. The number of halogens is 1. The van der Waals surface area contributed by atoms with E-state index in [0.717, 1.165) is 53.5 Å². The zero-order valence-electron chi connectivity index (χ0n) is 17.5. The Balaban J connectivity index is 1.59. The van der Waals surface area contributed by atoms with Crippen molar-refractivity contribution in [2.45, 2.75) is 44.1 Å². The number of benzene rings is 1. The third kappa shape index (κ3) is 3.92. The first-order chi connectivity index (χ1) is 15.1. The molecule has 9 heteroatoms. The molecule has 5 rings (SSSR count). The molecule has 3 heterocycles. The number of nitrogens with zero attached hydrogens (tertiary/aromatic N) is 4. The highest BCUT2D eigenvalue weighted by atomic mass is 79.9. The Morgan fingerprint density at radius 3 is 2.87 bits per heavy atom. The number of carbonyl (C=O) groups is 1. The van der Waals surface area contributed by atoms with E-state index in [9.17, 15) is 4.79 Å². The Bertz CT molecular complexity index is 1120. The summed E-state index contributed by atoms with van der Waals surface area (Å²) >= 11 is 3.54. The largest absolute Gasteiger partial charge is 0.354 e. The van der Waals surface area contributed by atoms with Gasteiger partial charge in [-0.1, -0.05) is 28.8 Å². The van der Waals surface area contributed by atoms with E-state index in [4.69, 9.17) is 10.1 Å². The summed E-state index contributed by atoms with van der Waals surface area (Å²) in [4.78, 5) is 22.5. The molecule has 1 aromatic carbocycles. The first-order valence-electron chi connectivity index (χ1n) is 10.9. The fourth-order valence-electron chi connectivity index (χ4n) is 4.57. The molecule has 1 amide bonds. The van der Waals surface area contributed by atoms with Gasteiger partial charge in [0.1, 0.15) is 5.92 Å². The summed E-state index contributed by atoms with van der Waals surface area (Å²) < 4.78 is 2.97. The van der Waals surface area contributed by atoms with Crippen LogP contribution >= 0.6 is 15.9 Å². The first-order valence-corrected chi connectivity index (χ1v) is 11.7. The van der Waals surface area contributed by atoms with Crippen LogP contribution in [0.15, 0.2) is 28.9 Å². The molecule has 0 saturated heterocycles. The zero-order valence-corrected chi connectivity index (χ0v) is 19.1. The Hall–Kier alpha value is -2.52. The Morgan fingerprint density at radius 1 is 1.23 bits per heavy atom. The standard InChI is InChI=1S/C22H26BrN7O/c1-24-9-4-10-25-22-27-19(18-15-11-13(23)7-8-17(15)26-21(18)31)16-12-30(29-20(16)28-22)14-5-2-3-6-14/h7-8,11-12,14,18,24H,2-6,9-10H2,1H3,(H,26,31)(H,25,28,29). The van der Waals surface area contributed by atoms with Crippen molar-refractivity contribution < 1.29 is 4.79 Å². The maximum atomic E-state index is 13.0. The number of amides is 1. The van der Waals surface area contributed by atoms with Crippen molar-refractivity contribution in [2.24, 2.45) is 0 Å². The van der Waals surface area contributed by atoms with Gasteiger partial charge in [-0.2, -0.15) is 10.1 Å². The van der Waals surface area contributed by atoms with Gasteiger partial charge in [0, 0.05) is 22.9 Å². The Labute approximate surface area is 189 Å². The predicted octanol–water partition coefficient (Wildman–Crippen LogP) is 3.81. The van der Waals surface area contributed by atoms with Crippen molar-refractivity contribution in [3.05, 3.63) is 40.1 Å². The van der Waals surface area contributed by atoms with Crippen LogP contribution in [0.25, 0.3) is 11.0 Å². The van der Waals surface area contributed by atoms with Crippen LogP contribution in [-0.2, 0) is 4.79 Å². The van der Waals surface area contributed by atoms with Gasteiger partial charge in [0.25, 0.3) is 0 Å². The molecule has 0 bridgehead atoms. The summed E-state index contributed by atoms with van der Waals surface area (Å²) in [6, 6.07) is 6.25. The van der Waals surface area contributed by atoms with Crippen LogP contribution in [-0.4, -0.2) is 45.8 Å². The summed E-state index contributed by atoms with van der Waals surface area (Å²) in [5.74, 6) is -0.0357. The van der Waals surface area contributed by atoms with Gasteiger partial charge in [-0.15, -0.1) is 0 Å². The van der Waals surface area contributed by atoms with E-state index in [1.165, 1.54) is 12.8 Å². The maximum Gasteiger partial charge on any atom is 0.238 e. The fourth-order valence-corrected chi connectivity index (χ4v) is 4.95. The zero-order chi connectivity index (χ0) is 21.4. The smallest absolute Gasteiger partial charge is 0.238 e. The second-order valence-corrected chi connectivity index (χ2v) is 9.17. The summed E-state index contributed by atoms with van der Waals surface area (Å²) in [6.07, 6.45) is 7.70. The van der Waals surface area contributed by atoms with Crippen molar-refractivity contribution in [1.29, 1.82) is 0 Å². The molecule has 3 N–H and O–H groups in total. The summed E-state index contributed by atoms with van der Waals surface area (Å²) in [5.41, 5.74) is 3.11. The molecule has 3 aromatic rings. The van der Waals surface area contributed by atoms with Crippen LogP contribution in [0.4, 0.5) is 11.6 Å². The Kier molecular flexibility index (Phi) is 5.62. The van der Waals surface area contributed by atoms with Crippen LogP contribution in [0.5, 0.6) is 0 Å². The van der Waals surface area contributed by atoms with Gasteiger partial charge >= 0.3 is 0 Å². The summed E-state index contributed by atoms with van der Waals surface area (Å²) in [6.45, 7) is 1.65. The molecule has 1 aliphatic heterocycles. The van der Waals surface area contributed by atoms with Crippen LogP contribution in [0.3, 0.4) is 0 Å². The third-order valence-corrected chi connectivity index (χ3v) is 6.62. The number of fused-ring (bicyclic) bond motifs is 2. The molecule has 1 saturated carbocycles. The second kappa shape index (κ2) is 8.55. The minimum Gasteiger partial charge on any atom is -0.354 e. The van der Waals surface area contributed by atoms with E-state index in [2.05, 4.69) is 36.9 Å². The topological polar surface area (TPSA) is 96.8 Å². The van der Waals surface area contributed by atoms with E-state index in [1.807, 2.05) is 36.1 Å². The number of hydrogen-bond acceptors (Lipinski definition) is 6. The van der Waals surface area contributed by atoms with Crippen LogP contribution < -0.4 is 16.0 Å². The van der Waals surface area contributed by atoms with Crippen molar-refractivity contribution in [1.82, 2.24) is 25.1 Å². The molecule has 2 aliphatic rings. The molecule has 1 atom stereocenters. The van der Waals surface area contributed by atoms with Crippen LogP contribution in [0.1, 0.15) is 55.3 Å². The van der Waals surface area contributed by atoms with Gasteiger partial charge in [-0.05, 0) is 56.6 Å². The molecule has 0 spiro atoms. The predicted molar refractivity (Wildman–Crippen MR) is 124 cm³/mol. The van der Waals surface area contributed by atoms with Crippen molar-refractivity contribution in [3.8, 4) is 0 Å². The lowest BCUT2D eigenvalue weighted by Crippen LogP contribution is -2.17. The molecular weight excluding hydrogens is 458 g/mol. The lowest BCUT2D eigenvalue weighted by atomic mass is 9.95. The van der Waals surface area contributed by atoms with Gasteiger partial charge < -0.3 is 16.0 Å². The van der Waals surface area contributed by atoms with Crippen molar-refractivity contribution in [2.75, 3.05) is 30.8 Å². The quantitative estimate of drug-likeness (QED) is 0.442. The van der Waals surface area contributed by atoms with E-state index in [-0.39, 0.29) is 5.91 Å². The van der Waals surface area contributed by atoms with E-state index >= 15 is 0 Å². The molecular formula is C22H26BrN7O. The maximum absolute atomic E-state index is 13.0. The number of aromatic nitrogens is 4. The van der Waals surface area contributed by atoms with Crippen LogP contribution in [0, 0.1) is 0 Å². The fraction of sp³-hybridized carbons (Fsp3) is 0.455. The molecule has 2 aromatic heterocycles. The molecule has 162 valence electrons. The highest BCUT2D eigenvalue weighted by Gasteiger charge is 2.35. The lowest BCUT2D eigenvalue weighted by molar-refractivity contribution is -0.116. The van der Waals surface area contributed by atoms with Gasteiger partial charge in [-0.3, -0.25) is 9.48 Å². The van der Waals surface area contributed by atoms with Gasteiger partial charge in [0.05, 0.1) is 17.1 Å². The average molecular weight is 484 g/mol. The Morgan fingerprint density at radius 2 is 2.06 bits per heavy atom. The van der Waals surface area contributed by atoms with Gasteiger partial charge in [-0.25, -0.2) is 4.98 Å². The van der Waals surface area contributed by atoms with Crippen molar-refractivity contribution >= 4 is 44.5 Å². The van der Waals surface area contributed by atoms with Gasteiger partial charge in [0.2, 0.25) is 11.9 Å². The third-order valence-electron chi connectivity index (χ3n) is 6.13. The number of anilines is 2. The van der Waals surface area contributed by atoms with Gasteiger partial charge in [0.15, 0.2) is 5.65 Å². The van der Waals surface area contributed by atoms with Crippen molar-refractivity contribution in [3.63, 3.8) is 0 Å². The lowest BCUT2D eigenvalue weighted by Gasteiger charge is -2.12. The molecule has 31 heavy (non-hydrogen) atoms. The molecule has 8 nitrogen and oxygen atoms in total.